The molecule has 4 aromatic rings. The number of fused-ring (bicyclic) bond motifs is 1. The number of hydrogen-bond donors (Lipinski definition) is 1. The maximum absolute atomic E-state index is 13.0. The molecule has 1 aliphatic heterocycles. The lowest BCUT2D eigenvalue weighted by Crippen LogP contribution is -2.48. The number of anilines is 1. The zero-order chi connectivity index (χ0) is 30.8. The van der Waals surface area contributed by atoms with Gasteiger partial charge in [0.2, 0.25) is 17.7 Å². The summed E-state index contributed by atoms with van der Waals surface area (Å²) in [6, 6.07) is 18.6. The van der Waals surface area contributed by atoms with Crippen molar-refractivity contribution in [2.75, 3.05) is 51.7 Å². The number of aromatic nitrogens is 1. The van der Waals surface area contributed by atoms with Crippen LogP contribution in [0, 0.1) is 10.1 Å². The zero-order valence-corrected chi connectivity index (χ0v) is 24.8. The Labute approximate surface area is 253 Å². The standard InChI is InChI=1S/C31H31ClN6O5/c1-20(39)37-26-18-25(32)27(38(42)43)17-24(26)29(31(37)41)30(21-7-5-4-6-8-21)33-22-9-11-23(12-10-22)35(3)28(40)19-36-15-13-34(2)14-16-36/h4-12,17-18,41H,13-16,19H2,1-3H3. The van der Waals surface area contributed by atoms with Gasteiger partial charge in [-0.25, -0.2) is 4.99 Å². The summed E-state index contributed by atoms with van der Waals surface area (Å²) in [6.07, 6.45) is 0. The first-order chi connectivity index (χ1) is 20.5. The fourth-order valence-corrected chi connectivity index (χ4v) is 5.39. The molecule has 1 N–H and O–H groups in total. The highest BCUT2D eigenvalue weighted by molar-refractivity contribution is 6.34. The van der Waals surface area contributed by atoms with Crippen LogP contribution in [0.5, 0.6) is 5.88 Å². The Morgan fingerprint density at radius 1 is 1.05 bits per heavy atom. The molecule has 0 aliphatic carbocycles. The van der Waals surface area contributed by atoms with Crippen molar-refractivity contribution in [1.82, 2.24) is 14.4 Å². The first kappa shape index (κ1) is 29.9. The van der Waals surface area contributed by atoms with Crippen LogP contribution < -0.4 is 4.90 Å². The van der Waals surface area contributed by atoms with E-state index in [0.717, 1.165) is 30.7 Å². The number of nitrogens with zero attached hydrogens (tertiary/aromatic N) is 6. The molecule has 12 heteroatoms. The number of nitro groups is 1. The van der Waals surface area contributed by atoms with E-state index in [1.165, 1.54) is 19.1 Å². The average molecular weight is 603 g/mol. The van der Waals surface area contributed by atoms with Gasteiger partial charge in [-0.15, -0.1) is 0 Å². The van der Waals surface area contributed by atoms with E-state index in [0.29, 0.717) is 29.2 Å². The lowest BCUT2D eigenvalue weighted by Gasteiger charge is -2.32. The van der Waals surface area contributed by atoms with E-state index in [1.807, 2.05) is 6.07 Å². The van der Waals surface area contributed by atoms with Crippen molar-refractivity contribution in [2.24, 2.45) is 4.99 Å². The molecule has 5 rings (SSSR count). The van der Waals surface area contributed by atoms with Crippen molar-refractivity contribution < 1.29 is 19.6 Å². The van der Waals surface area contributed by atoms with E-state index in [4.69, 9.17) is 16.6 Å². The molecule has 3 aromatic carbocycles. The van der Waals surface area contributed by atoms with E-state index in [2.05, 4.69) is 16.8 Å². The van der Waals surface area contributed by atoms with Gasteiger partial charge in [0, 0.05) is 62.9 Å². The third-order valence-corrected chi connectivity index (χ3v) is 7.92. The third kappa shape index (κ3) is 6.14. The predicted molar refractivity (Wildman–Crippen MR) is 167 cm³/mol. The molecule has 0 unspecified atom stereocenters. The van der Waals surface area contributed by atoms with Crippen LogP contribution >= 0.6 is 11.6 Å². The first-order valence-electron chi connectivity index (χ1n) is 13.7. The number of aliphatic imine (C=N–C) groups is 1. The van der Waals surface area contributed by atoms with Gasteiger partial charge in [0.15, 0.2) is 0 Å². The van der Waals surface area contributed by atoms with Crippen LogP contribution in [-0.2, 0) is 4.79 Å². The zero-order valence-electron chi connectivity index (χ0n) is 24.0. The molecule has 0 spiro atoms. The molecule has 1 saturated heterocycles. The molecule has 0 bridgehead atoms. The number of halogens is 1. The molecule has 11 nitrogen and oxygen atoms in total. The number of carbonyl (C=O) groups is 2. The molecule has 222 valence electrons. The Morgan fingerprint density at radius 2 is 1.70 bits per heavy atom. The second-order valence-corrected chi connectivity index (χ2v) is 10.9. The van der Waals surface area contributed by atoms with Gasteiger partial charge in [-0.3, -0.25) is 29.2 Å². The third-order valence-electron chi connectivity index (χ3n) is 7.61. The molecule has 43 heavy (non-hydrogen) atoms. The number of rotatable bonds is 7. The molecule has 0 atom stereocenters. The number of hydrogen-bond acceptors (Lipinski definition) is 8. The van der Waals surface area contributed by atoms with Crippen LogP contribution in [0.1, 0.15) is 22.8 Å². The fourth-order valence-electron chi connectivity index (χ4n) is 5.16. The molecular formula is C31H31ClN6O5. The van der Waals surface area contributed by atoms with E-state index in [-0.39, 0.29) is 33.1 Å². The molecule has 2 heterocycles. The summed E-state index contributed by atoms with van der Waals surface area (Å²) in [4.78, 5) is 47.5. The van der Waals surface area contributed by atoms with Crippen molar-refractivity contribution in [2.45, 2.75) is 6.92 Å². The van der Waals surface area contributed by atoms with Gasteiger partial charge in [0.05, 0.1) is 33.9 Å². The number of aromatic hydroxyl groups is 1. The first-order valence-corrected chi connectivity index (χ1v) is 14.1. The summed E-state index contributed by atoms with van der Waals surface area (Å²) in [5.74, 6) is -0.930. The Bertz CT molecular complexity index is 1730. The van der Waals surface area contributed by atoms with Crippen LogP contribution in [0.25, 0.3) is 10.9 Å². The van der Waals surface area contributed by atoms with Crippen LogP contribution in [0.3, 0.4) is 0 Å². The summed E-state index contributed by atoms with van der Waals surface area (Å²) in [6.45, 7) is 5.14. The molecule has 1 amide bonds. The highest BCUT2D eigenvalue weighted by atomic mass is 35.5. The Morgan fingerprint density at radius 3 is 2.30 bits per heavy atom. The summed E-state index contributed by atoms with van der Waals surface area (Å²) in [5, 5.41) is 23.1. The predicted octanol–water partition coefficient (Wildman–Crippen LogP) is 4.95. The van der Waals surface area contributed by atoms with Crippen LogP contribution in [-0.4, -0.2) is 88.7 Å². The Hall–Kier alpha value is -4.58. The minimum Gasteiger partial charge on any atom is -0.494 e. The number of carbonyl (C=O) groups excluding carboxylic acids is 2. The second kappa shape index (κ2) is 12.3. The van der Waals surface area contributed by atoms with E-state index >= 15 is 0 Å². The topological polar surface area (TPSA) is 125 Å². The highest BCUT2D eigenvalue weighted by Gasteiger charge is 2.28. The number of likely N-dealkylation sites (N-methyl/N-ethyl adjacent to an activating group) is 2. The van der Waals surface area contributed by atoms with E-state index in [9.17, 15) is 24.8 Å². The van der Waals surface area contributed by atoms with Crippen molar-refractivity contribution >= 4 is 57.1 Å². The fraction of sp³-hybridized carbons (Fsp3) is 0.258. The van der Waals surface area contributed by atoms with Crippen molar-refractivity contribution in [3.8, 4) is 5.88 Å². The summed E-state index contributed by atoms with van der Waals surface area (Å²) in [5.41, 5.74) is 2.12. The van der Waals surface area contributed by atoms with Crippen molar-refractivity contribution in [3.63, 3.8) is 0 Å². The number of benzene rings is 3. The van der Waals surface area contributed by atoms with Gasteiger partial charge in [-0.2, -0.15) is 0 Å². The monoisotopic (exact) mass is 602 g/mol. The van der Waals surface area contributed by atoms with Gasteiger partial charge < -0.3 is 14.9 Å². The SMILES string of the molecule is CC(=O)n1c(O)c(C(=Nc2ccc(N(C)C(=O)CN3CCN(C)CC3)cc2)c2ccccc2)c2cc([N+](=O)[O-])c(Cl)cc21. The van der Waals surface area contributed by atoms with E-state index in [1.54, 1.807) is 60.5 Å². The molecular weight excluding hydrogens is 572 g/mol. The molecule has 0 radical (unpaired) electrons. The quantitative estimate of drug-likeness (QED) is 0.180. The molecule has 1 fully saturated rings. The number of piperazine rings is 1. The van der Waals surface area contributed by atoms with Gasteiger partial charge in [-0.1, -0.05) is 41.9 Å². The van der Waals surface area contributed by atoms with Crippen LogP contribution in [0.15, 0.2) is 71.7 Å². The number of nitro benzene ring substituents is 1. The van der Waals surface area contributed by atoms with Crippen molar-refractivity contribution in [3.05, 3.63) is 93.0 Å². The lowest BCUT2D eigenvalue weighted by molar-refractivity contribution is -0.384. The van der Waals surface area contributed by atoms with Gasteiger partial charge in [0.1, 0.15) is 5.02 Å². The molecule has 1 aliphatic rings. The van der Waals surface area contributed by atoms with Crippen molar-refractivity contribution in [1.29, 1.82) is 0 Å². The number of amides is 1. The second-order valence-electron chi connectivity index (χ2n) is 10.5. The normalized spacial score (nSPS) is 14.7. The van der Waals surface area contributed by atoms with Gasteiger partial charge >= 0.3 is 0 Å². The smallest absolute Gasteiger partial charge is 0.288 e. The minimum absolute atomic E-state index is 0.0204. The summed E-state index contributed by atoms with van der Waals surface area (Å²) < 4.78 is 1.06. The Balaban J connectivity index is 1.55. The van der Waals surface area contributed by atoms with Crippen LogP contribution in [0.4, 0.5) is 17.1 Å². The lowest BCUT2D eigenvalue weighted by atomic mass is 10.0. The molecule has 1 aromatic heterocycles. The summed E-state index contributed by atoms with van der Waals surface area (Å²) in [7, 11) is 3.81. The van der Waals surface area contributed by atoms with Crippen LogP contribution in [0.2, 0.25) is 5.02 Å². The maximum atomic E-state index is 13.0. The largest absolute Gasteiger partial charge is 0.494 e. The Kier molecular flexibility index (Phi) is 8.58. The maximum Gasteiger partial charge on any atom is 0.288 e. The van der Waals surface area contributed by atoms with E-state index < -0.39 is 16.7 Å². The minimum atomic E-state index is -0.618. The van der Waals surface area contributed by atoms with Gasteiger partial charge in [0.25, 0.3) is 5.69 Å². The summed E-state index contributed by atoms with van der Waals surface area (Å²) >= 11 is 6.18. The molecule has 0 saturated carbocycles. The van der Waals surface area contributed by atoms with Gasteiger partial charge in [-0.05, 0) is 37.4 Å². The highest BCUT2D eigenvalue weighted by Crippen LogP contribution is 2.39. The average Bonchev–Trinajstić information content (AvgIpc) is 3.27.